The molecule has 7 nitrogen and oxygen atoms in total. The molecule has 9 heteroatoms. The van der Waals surface area contributed by atoms with Crippen LogP contribution < -0.4 is 0 Å². The number of piperidine rings is 2. The molecule has 0 bridgehead atoms. The predicted molar refractivity (Wildman–Crippen MR) is 104 cm³/mol. The van der Waals surface area contributed by atoms with Crippen LogP contribution in [0.5, 0.6) is 0 Å². The molecular weight excluding hydrogens is 399 g/mol. The van der Waals surface area contributed by atoms with Gasteiger partial charge < -0.3 is 9.64 Å². The van der Waals surface area contributed by atoms with Crippen LogP contribution in [0.3, 0.4) is 0 Å². The van der Waals surface area contributed by atoms with Crippen LogP contribution in [-0.4, -0.2) is 62.3 Å². The van der Waals surface area contributed by atoms with Crippen LogP contribution in [0.2, 0.25) is 0 Å². The van der Waals surface area contributed by atoms with E-state index in [-0.39, 0.29) is 11.5 Å². The van der Waals surface area contributed by atoms with Gasteiger partial charge in [-0.15, -0.1) is 0 Å². The third-order valence-corrected chi connectivity index (χ3v) is 7.48. The molecule has 0 unspecified atom stereocenters. The van der Waals surface area contributed by atoms with E-state index in [1.54, 1.807) is 4.90 Å². The summed E-state index contributed by atoms with van der Waals surface area (Å²) in [6, 6.07) is 3.11. The van der Waals surface area contributed by atoms with E-state index in [1.807, 2.05) is 0 Å². The SMILES string of the molecule is CC1CCN(C(=O)COC(=O)c2ccc(F)c(S(=O)(=O)N3CCCCC3)c2)CC1. The van der Waals surface area contributed by atoms with Gasteiger partial charge in [-0.05, 0) is 49.8 Å². The second-order valence-corrected chi connectivity index (χ2v) is 9.66. The van der Waals surface area contributed by atoms with Gasteiger partial charge in [0.25, 0.3) is 5.91 Å². The van der Waals surface area contributed by atoms with Crippen molar-refractivity contribution in [3.63, 3.8) is 0 Å². The Morgan fingerprint density at radius 2 is 1.76 bits per heavy atom. The van der Waals surface area contributed by atoms with Gasteiger partial charge in [0.1, 0.15) is 10.7 Å². The second kappa shape index (κ2) is 9.21. The number of benzene rings is 1. The molecule has 0 radical (unpaired) electrons. The number of esters is 1. The Morgan fingerprint density at radius 1 is 1.10 bits per heavy atom. The van der Waals surface area contributed by atoms with Gasteiger partial charge in [0.05, 0.1) is 5.56 Å². The number of halogens is 1. The highest BCUT2D eigenvalue weighted by Gasteiger charge is 2.30. The molecule has 2 saturated heterocycles. The van der Waals surface area contributed by atoms with Gasteiger partial charge in [0.2, 0.25) is 10.0 Å². The maximum absolute atomic E-state index is 14.3. The molecule has 0 aromatic heterocycles. The van der Waals surface area contributed by atoms with Crippen molar-refractivity contribution in [2.45, 2.75) is 43.9 Å². The average Bonchev–Trinajstić information content (AvgIpc) is 2.73. The largest absolute Gasteiger partial charge is 0.452 e. The van der Waals surface area contributed by atoms with E-state index in [1.165, 1.54) is 10.4 Å². The first kappa shape index (κ1) is 21.7. The Labute approximate surface area is 170 Å². The van der Waals surface area contributed by atoms with Crippen LogP contribution in [-0.2, 0) is 19.6 Å². The zero-order valence-electron chi connectivity index (χ0n) is 16.6. The number of carbonyl (C=O) groups is 2. The number of likely N-dealkylation sites (tertiary alicyclic amines) is 1. The Balaban J connectivity index is 1.67. The molecule has 0 atom stereocenters. The molecule has 1 aromatic rings. The summed E-state index contributed by atoms with van der Waals surface area (Å²) in [6.45, 7) is 3.64. The molecular formula is C20H27FN2O5S. The number of carbonyl (C=O) groups excluding carboxylic acids is 2. The van der Waals surface area contributed by atoms with Gasteiger partial charge in [0.15, 0.2) is 6.61 Å². The number of rotatable bonds is 5. The molecule has 2 heterocycles. The number of hydrogen-bond acceptors (Lipinski definition) is 5. The Hall–Kier alpha value is -2.00. The zero-order chi connectivity index (χ0) is 21.0. The summed E-state index contributed by atoms with van der Waals surface area (Å²) in [7, 11) is -4.03. The summed E-state index contributed by atoms with van der Waals surface area (Å²) in [5.41, 5.74) is -0.0953. The molecule has 1 amide bonds. The lowest BCUT2D eigenvalue weighted by molar-refractivity contribution is -0.135. The molecule has 2 aliphatic rings. The zero-order valence-corrected chi connectivity index (χ0v) is 17.4. The van der Waals surface area contributed by atoms with Crippen LogP contribution in [0.1, 0.15) is 49.4 Å². The number of ether oxygens (including phenoxy) is 1. The van der Waals surface area contributed by atoms with Gasteiger partial charge in [-0.2, -0.15) is 4.31 Å². The maximum Gasteiger partial charge on any atom is 0.338 e. The molecule has 0 spiro atoms. The van der Waals surface area contributed by atoms with Crippen molar-refractivity contribution in [3.05, 3.63) is 29.6 Å². The molecule has 29 heavy (non-hydrogen) atoms. The van der Waals surface area contributed by atoms with Gasteiger partial charge in [0, 0.05) is 26.2 Å². The van der Waals surface area contributed by atoms with Crippen molar-refractivity contribution < 1.29 is 27.1 Å². The monoisotopic (exact) mass is 426 g/mol. The fourth-order valence-corrected chi connectivity index (χ4v) is 5.24. The topological polar surface area (TPSA) is 84.0 Å². The van der Waals surface area contributed by atoms with Crippen LogP contribution in [0, 0.1) is 11.7 Å². The highest BCUT2D eigenvalue weighted by Crippen LogP contribution is 2.24. The first-order chi connectivity index (χ1) is 13.8. The van der Waals surface area contributed by atoms with Gasteiger partial charge in [-0.3, -0.25) is 4.79 Å². The van der Waals surface area contributed by atoms with Crippen molar-refractivity contribution in [2.75, 3.05) is 32.8 Å². The van der Waals surface area contributed by atoms with Gasteiger partial charge in [-0.25, -0.2) is 17.6 Å². The fraction of sp³-hybridized carbons (Fsp3) is 0.600. The van der Waals surface area contributed by atoms with Gasteiger partial charge in [-0.1, -0.05) is 13.3 Å². The van der Waals surface area contributed by atoms with Crippen molar-refractivity contribution in [2.24, 2.45) is 5.92 Å². The highest BCUT2D eigenvalue weighted by molar-refractivity contribution is 7.89. The van der Waals surface area contributed by atoms with E-state index in [9.17, 15) is 22.4 Å². The van der Waals surface area contributed by atoms with E-state index in [4.69, 9.17) is 4.74 Å². The van der Waals surface area contributed by atoms with E-state index in [0.29, 0.717) is 32.1 Å². The lowest BCUT2D eigenvalue weighted by atomic mass is 9.99. The molecule has 0 N–H and O–H groups in total. The summed E-state index contributed by atoms with van der Waals surface area (Å²) in [5.74, 6) is -1.47. The van der Waals surface area contributed by atoms with Crippen molar-refractivity contribution in [1.82, 2.24) is 9.21 Å². The van der Waals surface area contributed by atoms with Crippen LogP contribution in [0.15, 0.2) is 23.1 Å². The standard InChI is InChI=1S/C20H27FN2O5S/c1-15-7-11-22(12-8-15)19(24)14-28-20(25)16-5-6-17(21)18(13-16)29(26,27)23-9-3-2-4-10-23/h5-6,13,15H,2-4,7-12,14H2,1H3. The number of sulfonamides is 1. The maximum atomic E-state index is 14.3. The summed E-state index contributed by atoms with van der Waals surface area (Å²) in [6.07, 6.45) is 4.20. The van der Waals surface area contributed by atoms with Crippen molar-refractivity contribution >= 4 is 21.9 Å². The lowest BCUT2D eigenvalue weighted by Crippen LogP contribution is -2.40. The summed E-state index contributed by atoms with van der Waals surface area (Å²) in [4.78, 5) is 25.7. The summed E-state index contributed by atoms with van der Waals surface area (Å²) >= 11 is 0. The third kappa shape index (κ3) is 5.14. The quantitative estimate of drug-likeness (QED) is 0.675. The Morgan fingerprint density at radius 3 is 2.41 bits per heavy atom. The fourth-order valence-electron chi connectivity index (χ4n) is 3.63. The predicted octanol–water partition coefficient (Wildman–Crippen LogP) is 2.42. The van der Waals surface area contributed by atoms with Crippen LogP contribution in [0.25, 0.3) is 0 Å². The number of hydrogen-bond donors (Lipinski definition) is 0. The number of nitrogens with zero attached hydrogens (tertiary/aromatic N) is 2. The second-order valence-electron chi connectivity index (χ2n) is 7.75. The molecule has 2 aliphatic heterocycles. The lowest BCUT2D eigenvalue weighted by Gasteiger charge is -2.30. The minimum atomic E-state index is -4.03. The smallest absolute Gasteiger partial charge is 0.338 e. The first-order valence-electron chi connectivity index (χ1n) is 10.0. The molecule has 3 rings (SSSR count). The molecule has 0 saturated carbocycles. The summed E-state index contributed by atoms with van der Waals surface area (Å²) in [5, 5.41) is 0. The van der Waals surface area contributed by atoms with E-state index < -0.39 is 33.3 Å². The average molecular weight is 427 g/mol. The first-order valence-corrected chi connectivity index (χ1v) is 11.5. The minimum Gasteiger partial charge on any atom is -0.452 e. The molecule has 0 aliphatic carbocycles. The van der Waals surface area contributed by atoms with Crippen LogP contribution in [0.4, 0.5) is 4.39 Å². The molecule has 2 fully saturated rings. The highest BCUT2D eigenvalue weighted by atomic mass is 32.2. The molecule has 1 aromatic carbocycles. The Bertz CT molecular complexity index is 860. The van der Waals surface area contributed by atoms with E-state index in [2.05, 4.69) is 6.92 Å². The normalized spacial score (nSPS) is 19.2. The van der Waals surface area contributed by atoms with Crippen molar-refractivity contribution in [1.29, 1.82) is 0 Å². The van der Waals surface area contributed by atoms with Gasteiger partial charge >= 0.3 is 5.97 Å². The summed E-state index contributed by atoms with van der Waals surface area (Å²) < 4.78 is 46.1. The van der Waals surface area contributed by atoms with Crippen LogP contribution >= 0.6 is 0 Å². The van der Waals surface area contributed by atoms with Crippen molar-refractivity contribution in [3.8, 4) is 0 Å². The Kier molecular flexibility index (Phi) is 6.89. The number of amides is 1. The van der Waals surface area contributed by atoms with E-state index >= 15 is 0 Å². The third-order valence-electron chi connectivity index (χ3n) is 5.56. The minimum absolute atomic E-state index is 0.0953. The van der Waals surface area contributed by atoms with E-state index in [0.717, 1.165) is 44.2 Å². The molecule has 160 valence electrons.